The van der Waals surface area contributed by atoms with E-state index in [1.165, 1.54) is 0 Å². The maximum absolute atomic E-state index is 12.2. The van der Waals surface area contributed by atoms with Gasteiger partial charge in [0.05, 0.1) is 30.6 Å². The molecule has 1 aliphatic rings. The highest BCUT2D eigenvalue weighted by Gasteiger charge is 2.19. The summed E-state index contributed by atoms with van der Waals surface area (Å²) < 4.78 is 5.25. The smallest absolute Gasteiger partial charge is 0.253 e. The number of aliphatic hydroxyl groups is 1. The SMILES string of the molecule is Cc1[nH]c(C=O)c(C)c1C(=O)NC[C@H](O)CN1CCOCC1. The predicted octanol–water partition coefficient (Wildman–Crippen LogP) is -0.133. The van der Waals surface area contributed by atoms with E-state index in [0.717, 1.165) is 13.1 Å². The highest BCUT2D eigenvalue weighted by Crippen LogP contribution is 2.16. The van der Waals surface area contributed by atoms with Gasteiger partial charge in [0.1, 0.15) is 0 Å². The van der Waals surface area contributed by atoms with Crippen molar-refractivity contribution in [2.75, 3.05) is 39.4 Å². The van der Waals surface area contributed by atoms with Crippen LogP contribution < -0.4 is 5.32 Å². The Kier molecular flexibility index (Phi) is 5.70. The zero-order chi connectivity index (χ0) is 16.1. The Morgan fingerprint density at radius 1 is 1.45 bits per heavy atom. The average Bonchev–Trinajstić information content (AvgIpc) is 2.80. The number of amides is 1. The number of β-amino-alcohol motifs (C(OH)–C–C–N with tert-alkyl or cyclic N) is 1. The molecular formula is C15H23N3O4. The van der Waals surface area contributed by atoms with E-state index in [1.807, 2.05) is 0 Å². The maximum Gasteiger partial charge on any atom is 0.253 e. The number of aromatic nitrogens is 1. The molecule has 2 heterocycles. The number of ether oxygens (including phenoxy) is 1. The molecule has 1 aromatic rings. The van der Waals surface area contributed by atoms with Gasteiger partial charge in [0.2, 0.25) is 0 Å². The van der Waals surface area contributed by atoms with E-state index in [9.17, 15) is 14.7 Å². The van der Waals surface area contributed by atoms with Crippen LogP contribution in [0.3, 0.4) is 0 Å². The number of carbonyl (C=O) groups is 2. The standard InChI is InChI=1S/C15H23N3O4/c1-10-13(9-19)17-11(2)14(10)15(21)16-7-12(20)8-18-3-5-22-6-4-18/h9,12,17,20H,3-8H2,1-2H3,(H,16,21)/t12-/m0/s1. The van der Waals surface area contributed by atoms with E-state index < -0.39 is 6.10 Å². The zero-order valence-corrected chi connectivity index (χ0v) is 13.0. The minimum Gasteiger partial charge on any atom is -0.390 e. The van der Waals surface area contributed by atoms with Gasteiger partial charge in [-0.1, -0.05) is 0 Å². The molecule has 1 aliphatic heterocycles. The molecule has 7 heteroatoms. The van der Waals surface area contributed by atoms with Crippen molar-refractivity contribution in [1.29, 1.82) is 0 Å². The molecule has 122 valence electrons. The summed E-state index contributed by atoms with van der Waals surface area (Å²) in [5.41, 5.74) is 2.17. The number of hydrogen-bond acceptors (Lipinski definition) is 5. The second-order valence-electron chi connectivity index (χ2n) is 5.56. The third kappa shape index (κ3) is 3.94. The zero-order valence-electron chi connectivity index (χ0n) is 13.0. The molecule has 1 fully saturated rings. The Bertz CT molecular complexity index is 535. The Balaban J connectivity index is 1.86. The molecule has 22 heavy (non-hydrogen) atoms. The van der Waals surface area contributed by atoms with E-state index in [0.29, 0.717) is 48.6 Å². The number of aliphatic hydroxyl groups excluding tert-OH is 1. The lowest BCUT2D eigenvalue weighted by Crippen LogP contribution is -2.44. The molecule has 1 atom stereocenters. The molecule has 0 spiro atoms. The van der Waals surface area contributed by atoms with Gasteiger partial charge in [0.15, 0.2) is 6.29 Å². The second kappa shape index (κ2) is 7.53. The molecule has 7 nitrogen and oxygen atoms in total. The van der Waals surface area contributed by atoms with Crippen LogP contribution in [0.25, 0.3) is 0 Å². The molecule has 3 N–H and O–H groups in total. The number of aldehydes is 1. The summed E-state index contributed by atoms with van der Waals surface area (Å²) in [5, 5.41) is 12.8. The van der Waals surface area contributed by atoms with Crippen molar-refractivity contribution in [3.63, 3.8) is 0 Å². The van der Waals surface area contributed by atoms with Crippen molar-refractivity contribution >= 4 is 12.2 Å². The summed E-state index contributed by atoms with van der Waals surface area (Å²) in [6.07, 6.45) is 0.0685. The molecule has 1 amide bonds. The van der Waals surface area contributed by atoms with Crippen LogP contribution in [0.4, 0.5) is 0 Å². The number of morpholine rings is 1. The topological polar surface area (TPSA) is 94.7 Å². The van der Waals surface area contributed by atoms with Gasteiger partial charge in [0, 0.05) is 31.9 Å². The van der Waals surface area contributed by atoms with Crippen LogP contribution in [-0.4, -0.2) is 72.7 Å². The third-order valence-electron chi connectivity index (χ3n) is 3.89. The van der Waals surface area contributed by atoms with E-state index in [2.05, 4.69) is 15.2 Å². The van der Waals surface area contributed by atoms with Crippen molar-refractivity contribution in [3.8, 4) is 0 Å². The van der Waals surface area contributed by atoms with Crippen LogP contribution in [0.5, 0.6) is 0 Å². The van der Waals surface area contributed by atoms with E-state index in [-0.39, 0.29) is 12.5 Å². The Labute approximate surface area is 129 Å². The summed E-state index contributed by atoms with van der Waals surface area (Å²) in [7, 11) is 0. The van der Waals surface area contributed by atoms with Gasteiger partial charge < -0.3 is 20.1 Å². The van der Waals surface area contributed by atoms with Gasteiger partial charge in [-0.3, -0.25) is 14.5 Å². The largest absolute Gasteiger partial charge is 0.390 e. The lowest BCUT2D eigenvalue weighted by molar-refractivity contribution is 0.0149. The van der Waals surface area contributed by atoms with Gasteiger partial charge in [-0.25, -0.2) is 0 Å². The summed E-state index contributed by atoms with van der Waals surface area (Å²) in [6, 6.07) is 0. The molecule has 0 saturated carbocycles. The van der Waals surface area contributed by atoms with Crippen molar-refractivity contribution in [1.82, 2.24) is 15.2 Å². The second-order valence-corrected chi connectivity index (χ2v) is 5.56. The number of rotatable bonds is 6. The molecule has 0 radical (unpaired) electrons. The normalized spacial score (nSPS) is 17.2. The van der Waals surface area contributed by atoms with Crippen molar-refractivity contribution < 1.29 is 19.4 Å². The van der Waals surface area contributed by atoms with Crippen LogP contribution in [0, 0.1) is 13.8 Å². The minimum absolute atomic E-state index is 0.177. The summed E-state index contributed by atoms with van der Waals surface area (Å²) >= 11 is 0. The first-order valence-corrected chi connectivity index (χ1v) is 7.43. The molecule has 0 aromatic carbocycles. The van der Waals surface area contributed by atoms with Gasteiger partial charge in [-0.05, 0) is 19.4 Å². The van der Waals surface area contributed by atoms with E-state index in [4.69, 9.17) is 4.74 Å². The van der Waals surface area contributed by atoms with Crippen LogP contribution in [0.2, 0.25) is 0 Å². The maximum atomic E-state index is 12.2. The Morgan fingerprint density at radius 3 is 2.73 bits per heavy atom. The summed E-state index contributed by atoms with van der Waals surface area (Å²) in [5.74, 6) is -0.277. The number of hydrogen-bond donors (Lipinski definition) is 3. The van der Waals surface area contributed by atoms with Gasteiger partial charge >= 0.3 is 0 Å². The fourth-order valence-electron chi connectivity index (χ4n) is 2.68. The fourth-order valence-corrected chi connectivity index (χ4v) is 2.68. The number of carbonyl (C=O) groups excluding carboxylic acids is 2. The lowest BCUT2D eigenvalue weighted by Gasteiger charge is -2.28. The quantitative estimate of drug-likeness (QED) is 0.636. The van der Waals surface area contributed by atoms with Crippen LogP contribution >= 0.6 is 0 Å². The summed E-state index contributed by atoms with van der Waals surface area (Å²) in [4.78, 5) is 28.1. The number of nitrogens with one attached hydrogen (secondary N) is 2. The van der Waals surface area contributed by atoms with Gasteiger partial charge in [0.25, 0.3) is 5.91 Å². The Morgan fingerprint density at radius 2 is 2.14 bits per heavy atom. The molecule has 0 aliphatic carbocycles. The van der Waals surface area contributed by atoms with Crippen LogP contribution in [0.1, 0.15) is 32.1 Å². The van der Waals surface area contributed by atoms with Crippen molar-refractivity contribution in [2.45, 2.75) is 20.0 Å². The summed E-state index contributed by atoms with van der Waals surface area (Å²) in [6.45, 7) is 7.11. The molecular weight excluding hydrogens is 286 g/mol. The predicted molar refractivity (Wildman–Crippen MR) is 81.3 cm³/mol. The van der Waals surface area contributed by atoms with E-state index >= 15 is 0 Å². The van der Waals surface area contributed by atoms with E-state index in [1.54, 1.807) is 13.8 Å². The first-order chi connectivity index (χ1) is 10.5. The molecule has 0 bridgehead atoms. The number of aromatic amines is 1. The fraction of sp³-hybridized carbons (Fsp3) is 0.600. The van der Waals surface area contributed by atoms with Crippen molar-refractivity contribution in [3.05, 3.63) is 22.5 Å². The first-order valence-electron chi connectivity index (χ1n) is 7.43. The molecule has 0 unspecified atom stereocenters. The minimum atomic E-state index is -0.632. The third-order valence-corrected chi connectivity index (χ3v) is 3.89. The van der Waals surface area contributed by atoms with Crippen LogP contribution in [-0.2, 0) is 4.74 Å². The monoisotopic (exact) mass is 309 g/mol. The molecule has 1 aromatic heterocycles. The Hall–Kier alpha value is -1.70. The van der Waals surface area contributed by atoms with Crippen LogP contribution in [0.15, 0.2) is 0 Å². The number of H-pyrrole nitrogens is 1. The highest BCUT2D eigenvalue weighted by atomic mass is 16.5. The average molecular weight is 309 g/mol. The lowest BCUT2D eigenvalue weighted by atomic mass is 10.1. The van der Waals surface area contributed by atoms with Gasteiger partial charge in [-0.15, -0.1) is 0 Å². The number of nitrogens with zero attached hydrogens (tertiary/aromatic N) is 1. The van der Waals surface area contributed by atoms with Crippen molar-refractivity contribution in [2.24, 2.45) is 0 Å². The number of aryl methyl sites for hydroxylation is 1. The molecule has 2 rings (SSSR count). The highest BCUT2D eigenvalue weighted by molar-refractivity contribution is 5.99. The molecule has 1 saturated heterocycles. The van der Waals surface area contributed by atoms with Gasteiger partial charge in [-0.2, -0.15) is 0 Å². The first kappa shape index (κ1) is 16.7.